The predicted octanol–water partition coefficient (Wildman–Crippen LogP) is 6.23. The molecular formula is C26H25N3O2S. The number of aryl methyl sites for hydroxylation is 2. The first-order valence-corrected chi connectivity index (χ1v) is 11.2. The number of carbonyl (C=O) groups excluding carboxylic acids is 1. The van der Waals surface area contributed by atoms with Crippen molar-refractivity contribution < 1.29 is 9.53 Å². The maximum absolute atomic E-state index is 13.4. The van der Waals surface area contributed by atoms with Gasteiger partial charge in [-0.1, -0.05) is 48.5 Å². The molecule has 0 saturated carbocycles. The highest BCUT2D eigenvalue weighted by molar-refractivity contribution is 7.09. The second kappa shape index (κ2) is 9.66. The normalized spacial score (nSPS) is 11.6. The Kier molecular flexibility index (Phi) is 6.52. The molecule has 1 heterocycles. The maximum Gasteiger partial charge on any atom is 0.251 e. The summed E-state index contributed by atoms with van der Waals surface area (Å²) in [6, 6.07) is 22.8. The number of hydrogen-bond acceptors (Lipinski definition) is 5. The third-order valence-electron chi connectivity index (χ3n) is 5.12. The number of thiazole rings is 1. The molecule has 1 atom stereocenters. The second-order valence-corrected chi connectivity index (χ2v) is 8.57. The lowest BCUT2D eigenvalue weighted by atomic mass is 10.0. The first-order valence-electron chi connectivity index (χ1n) is 10.3. The number of nitrogens with zero attached hydrogens (tertiary/aromatic N) is 1. The number of carbonyl (C=O) groups is 1. The monoisotopic (exact) mass is 443 g/mol. The lowest BCUT2D eigenvalue weighted by Gasteiger charge is -2.21. The zero-order valence-corrected chi connectivity index (χ0v) is 19.1. The van der Waals surface area contributed by atoms with E-state index in [1.807, 2.05) is 92.0 Å². The van der Waals surface area contributed by atoms with Gasteiger partial charge in [0.05, 0.1) is 23.5 Å². The van der Waals surface area contributed by atoms with E-state index in [9.17, 15) is 4.79 Å². The topological polar surface area (TPSA) is 63.2 Å². The predicted molar refractivity (Wildman–Crippen MR) is 131 cm³/mol. The van der Waals surface area contributed by atoms with Gasteiger partial charge in [-0.05, 0) is 49.2 Å². The van der Waals surface area contributed by atoms with E-state index in [0.29, 0.717) is 11.4 Å². The highest BCUT2D eigenvalue weighted by Crippen LogP contribution is 2.29. The van der Waals surface area contributed by atoms with Crippen LogP contribution in [0.2, 0.25) is 0 Å². The summed E-state index contributed by atoms with van der Waals surface area (Å²) in [5.74, 6) is 0.456. The Morgan fingerprint density at radius 2 is 1.75 bits per heavy atom. The molecule has 0 spiro atoms. The van der Waals surface area contributed by atoms with Crippen LogP contribution in [0.5, 0.6) is 5.75 Å². The number of benzene rings is 3. The molecule has 0 radical (unpaired) electrons. The average Bonchev–Trinajstić information content (AvgIpc) is 3.25. The summed E-state index contributed by atoms with van der Waals surface area (Å²) in [4.78, 5) is 17.9. The van der Waals surface area contributed by atoms with Crippen LogP contribution >= 0.6 is 11.3 Å². The summed E-state index contributed by atoms with van der Waals surface area (Å²) < 4.78 is 5.42. The summed E-state index contributed by atoms with van der Waals surface area (Å²) >= 11 is 1.63. The van der Waals surface area contributed by atoms with Gasteiger partial charge in [0.2, 0.25) is 0 Å². The fraction of sp³-hybridized carbons (Fsp3) is 0.154. The third-order valence-corrected chi connectivity index (χ3v) is 5.89. The van der Waals surface area contributed by atoms with Gasteiger partial charge in [-0.3, -0.25) is 4.79 Å². The minimum atomic E-state index is -0.575. The number of ether oxygens (including phenoxy) is 1. The molecule has 32 heavy (non-hydrogen) atoms. The molecule has 5 nitrogen and oxygen atoms in total. The van der Waals surface area contributed by atoms with Crippen LogP contribution in [0.3, 0.4) is 0 Å². The summed E-state index contributed by atoms with van der Waals surface area (Å²) in [7, 11) is 1.60. The largest absolute Gasteiger partial charge is 0.495 e. The number of rotatable bonds is 7. The molecule has 0 saturated heterocycles. The SMILES string of the molecule is COc1ccc(C)cc1NC(=O)C(Nc1ccc(-c2csc(C)n2)cc1)c1ccccc1. The van der Waals surface area contributed by atoms with E-state index in [-0.39, 0.29) is 5.91 Å². The Bertz CT molecular complexity index is 1200. The summed E-state index contributed by atoms with van der Waals surface area (Å²) in [6.07, 6.45) is 0. The Balaban J connectivity index is 1.59. The maximum atomic E-state index is 13.4. The third kappa shape index (κ3) is 4.98. The number of methoxy groups -OCH3 is 1. The first-order chi connectivity index (χ1) is 15.5. The van der Waals surface area contributed by atoms with E-state index in [4.69, 9.17) is 4.74 Å². The van der Waals surface area contributed by atoms with Crippen LogP contribution in [-0.2, 0) is 4.79 Å². The first kappa shape index (κ1) is 21.6. The Morgan fingerprint density at radius 1 is 1.00 bits per heavy atom. The number of nitrogens with one attached hydrogen (secondary N) is 2. The molecule has 4 aromatic rings. The van der Waals surface area contributed by atoms with Crippen LogP contribution in [0, 0.1) is 13.8 Å². The van der Waals surface area contributed by atoms with Gasteiger partial charge in [0.25, 0.3) is 5.91 Å². The van der Waals surface area contributed by atoms with Crippen LogP contribution in [0.15, 0.2) is 78.2 Å². The molecule has 4 rings (SSSR count). The molecule has 0 aliphatic carbocycles. The minimum Gasteiger partial charge on any atom is -0.495 e. The summed E-state index contributed by atoms with van der Waals surface area (Å²) in [6.45, 7) is 3.98. The molecular weight excluding hydrogens is 418 g/mol. The number of amides is 1. The van der Waals surface area contributed by atoms with Crippen molar-refractivity contribution in [2.75, 3.05) is 17.7 Å². The van der Waals surface area contributed by atoms with Gasteiger partial charge in [-0.15, -0.1) is 11.3 Å². The van der Waals surface area contributed by atoms with Crippen molar-refractivity contribution in [2.45, 2.75) is 19.9 Å². The highest BCUT2D eigenvalue weighted by Gasteiger charge is 2.22. The van der Waals surface area contributed by atoms with Gasteiger partial charge in [0.1, 0.15) is 11.8 Å². The van der Waals surface area contributed by atoms with Gasteiger partial charge in [-0.2, -0.15) is 0 Å². The molecule has 1 unspecified atom stereocenters. The second-order valence-electron chi connectivity index (χ2n) is 7.51. The van der Waals surface area contributed by atoms with Gasteiger partial charge >= 0.3 is 0 Å². The molecule has 162 valence electrons. The average molecular weight is 444 g/mol. The van der Waals surface area contributed by atoms with Gasteiger partial charge in [-0.25, -0.2) is 4.98 Å². The Hall–Kier alpha value is -3.64. The van der Waals surface area contributed by atoms with Crippen molar-refractivity contribution >= 4 is 28.6 Å². The minimum absolute atomic E-state index is 0.167. The summed E-state index contributed by atoms with van der Waals surface area (Å²) in [5.41, 5.74) is 5.41. The molecule has 0 aliphatic heterocycles. The van der Waals surface area contributed by atoms with E-state index in [1.165, 1.54) is 0 Å². The van der Waals surface area contributed by atoms with E-state index in [1.54, 1.807) is 18.4 Å². The van der Waals surface area contributed by atoms with Crippen molar-refractivity contribution in [1.82, 2.24) is 4.98 Å². The molecule has 1 amide bonds. The van der Waals surface area contributed by atoms with Crippen molar-refractivity contribution in [1.29, 1.82) is 0 Å². The zero-order chi connectivity index (χ0) is 22.5. The van der Waals surface area contributed by atoms with Crippen molar-refractivity contribution in [2.24, 2.45) is 0 Å². The van der Waals surface area contributed by atoms with Crippen molar-refractivity contribution in [3.05, 3.63) is 94.3 Å². The molecule has 0 aliphatic rings. The van der Waals surface area contributed by atoms with Gasteiger partial charge < -0.3 is 15.4 Å². The van der Waals surface area contributed by atoms with Crippen molar-refractivity contribution in [3.63, 3.8) is 0 Å². The summed E-state index contributed by atoms with van der Waals surface area (Å²) in [5, 5.41) is 9.49. The van der Waals surface area contributed by atoms with Gasteiger partial charge in [0, 0.05) is 16.6 Å². The van der Waals surface area contributed by atoms with Crippen LogP contribution in [0.1, 0.15) is 22.2 Å². The quantitative estimate of drug-likeness (QED) is 0.355. The smallest absolute Gasteiger partial charge is 0.251 e. The molecule has 0 bridgehead atoms. The number of anilines is 2. The van der Waals surface area contributed by atoms with E-state index in [2.05, 4.69) is 15.6 Å². The fourth-order valence-electron chi connectivity index (χ4n) is 3.47. The van der Waals surface area contributed by atoms with E-state index < -0.39 is 6.04 Å². The molecule has 6 heteroatoms. The lowest BCUT2D eigenvalue weighted by molar-refractivity contribution is -0.117. The Morgan fingerprint density at radius 3 is 2.41 bits per heavy atom. The highest BCUT2D eigenvalue weighted by atomic mass is 32.1. The molecule has 0 fully saturated rings. The van der Waals surface area contributed by atoms with E-state index >= 15 is 0 Å². The lowest BCUT2D eigenvalue weighted by Crippen LogP contribution is -2.27. The molecule has 3 aromatic carbocycles. The Labute approximate surface area is 192 Å². The molecule has 2 N–H and O–H groups in total. The molecule has 1 aromatic heterocycles. The van der Waals surface area contributed by atoms with Crippen LogP contribution in [0.25, 0.3) is 11.3 Å². The van der Waals surface area contributed by atoms with Crippen molar-refractivity contribution in [3.8, 4) is 17.0 Å². The fourth-order valence-corrected chi connectivity index (χ4v) is 4.09. The zero-order valence-electron chi connectivity index (χ0n) is 18.3. The van der Waals surface area contributed by atoms with Crippen LogP contribution < -0.4 is 15.4 Å². The number of hydrogen-bond donors (Lipinski definition) is 2. The number of aromatic nitrogens is 1. The van der Waals surface area contributed by atoms with Gasteiger partial charge in [0.15, 0.2) is 0 Å². The standard InChI is InChI=1S/C26H25N3O2S/c1-17-9-14-24(31-3)22(15-17)29-26(30)25(20-7-5-4-6-8-20)28-21-12-10-19(11-13-21)23-16-32-18(2)27-23/h4-16,25,28H,1-3H3,(H,29,30). The van der Waals surface area contributed by atoms with Crippen LogP contribution in [-0.4, -0.2) is 18.0 Å². The van der Waals surface area contributed by atoms with E-state index in [0.717, 1.165) is 33.1 Å². The van der Waals surface area contributed by atoms with Crippen LogP contribution in [0.4, 0.5) is 11.4 Å².